The van der Waals surface area contributed by atoms with Crippen LogP contribution in [0.15, 0.2) is 88.2 Å². The number of aryl methyl sites for hydroxylation is 1. The molecular formula is C25H24N4O4S. The van der Waals surface area contributed by atoms with Gasteiger partial charge in [0.1, 0.15) is 0 Å². The van der Waals surface area contributed by atoms with Crippen molar-refractivity contribution in [1.82, 2.24) is 14.5 Å². The molecule has 0 radical (unpaired) electrons. The Morgan fingerprint density at radius 1 is 0.971 bits per heavy atom. The first-order chi connectivity index (χ1) is 16.4. The first-order valence-corrected chi connectivity index (χ1v) is 12.2. The molecule has 1 amide bonds. The van der Waals surface area contributed by atoms with E-state index in [4.69, 9.17) is 4.42 Å². The average molecular weight is 477 g/mol. The fraction of sp³-hybridized carbons (Fsp3) is 0.160. The van der Waals surface area contributed by atoms with Crippen LogP contribution >= 0.6 is 0 Å². The number of hydrogen-bond acceptors (Lipinski definition) is 6. The molecule has 1 heterocycles. The zero-order valence-corrected chi connectivity index (χ0v) is 19.6. The lowest BCUT2D eigenvalue weighted by Crippen LogP contribution is -2.30. The van der Waals surface area contributed by atoms with Crippen molar-refractivity contribution in [2.75, 3.05) is 11.9 Å². The first-order valence-electron chi connectivity index (χ1n) is 10.7. The van der Waals surface area contributed by atoms with Gasteiger partial charge in [-0.15, -0.1) is 5.10 Å². The van der Waals surface area contributed by atoms with Gasteiger partial charge >= 0.3 is 6.01 Å². The Hall–Kier alpha value is -3.82. The maximum atomic E-state index is 13.1. The molecule has 0 aliphatic heterocycles. The minimum atomic E-state index is -3.72. The van der Waals surface area contributed by atoms with E-state index in [1.165, 1.54) is 28.6 Å². The zero-order valence-electron chi connectivity index (χ0n) is 18.8. The predicted octanol–water partition coefficient (Wildman–Crippen LogP) is 4.51. The van der Waals surface area contributed by atoms with Gasteiger partial charge in [0.25, 0.3) is 5.91 Å². The third-order valence-corrected chi connectivity index (χ3v) is 7.15. The van der Waals surface area contributed by atoms with Gasteiger partial charge in [-0.25, -0.2) is 8.42 Å². The largest absolute Gasteiger partial charge is 0.403 e. The first kappa shape index (κ1) is 23.3. The second-order valence-electron chi connectivity index (χ2n) is 7.68. The average Bonchev–Trinajstić information content (AvgIpc) is 3.31. The van der Waals surface area contributed by atoms with Crippen molar-refractivity contribution in [3.63, 3.8) is 0 Å². The highest BCUT2D eigenvalue weighted by Crippen LogP contribution is 2.22. The third-order valence-electron chi connectivity index (χ3n) is 5.22. The number of benzene rings is 3. The lowest BCUT2D eigenvalue weighted by atomic mass is 10.1. The summed E-state index contributed by atoms with van der Waals surface area (Å²) in [6.07, 6.45) is 0. The van der Waals surface area contributed by atoms with Crippen LogP contribution in [0.3, 0.4) is 0 Å². The Labute approximate surface area is 198 Å². The second kappa shape index (κ2) is 9.98. The van der Waals surface area contributed by atoms with Crippen molar-refractivity contribution < 1.29 is 17.6 Å². The molecule has 34 heavy (non-hydrogen) atoms. The summed E-state index contributed by atoms with van der Waals surface area (Å²) in [7, 11) is -3.72. The number of hydrogen-bond donors (Lipinski definition) is 1. The lowest BCUT2D eigenvalue weighted by Gasteiger charge is -2.20. The Kier molecular flexibility index (Phi) is 6.85. The fourth-order valence-electron chi connectivity index (χ4n) is 3.42. The van der Waals surface area contributed by atoms with E-state index in [2.05, 4.69) is 15.5 Å². The highest BCUT2D eigenvalue weighted by molar-refractivity contribution is 7.89. The Balaban J connectivity index is 1.46. The molecule has 0 bridgehead atoms. The van der Waals surface area contributed by atoms with Gasteiger partial charge in [-0.1, -0.05) is 60.1 Å². The van der Waals surface area contributed by atoms with Gasteiger partial charge in [0.15, 0.2) is 0 Å². The van der Waals surface area contributed by atoms with Crippen LogP contribution < -0.4 is 5.32 Å². The molecule has 1 aromatic heterocycles. The number of aromatic nitrogens is 2. The standard InChI is InChI=1S/C25H24N4O4S/c1-3-29(17-19-9-5-4-6-10-19)34(31,32)22-14-12-20(13-15-22)23(30)26-25-28-27-24(33-25)21-11-7-8-18(2)16-21/h4-16H,3,17H2,1-2H3,(H,26,28,30). The van der Waals surface area contributed by atoms with Gasteiger partial charge in [0.2, 0.25) is 15.9 Å². The van der Waals surface area contributed by atoms with Crippen molar-refractivity contribution in [3.05, 3.63) is 95.6 Å². The van der Waals surface area contributed by atoms with Gasteiger partial charge < -0.3 is 4.42 Å². The van der Waals surface area contributed by atoms with E-state index in [1.807, 2.05) is 61.5 Å². The van der Waals surface area contributed by atoms with Crippen LogP contribution in [0.5, 0.6) is 0 Å². The van der Waals surface area contributed by atoms with Crippen LogP contribution in [-0.4, -0.2) is 35.4 Å². The van der Waals surface area contributed by atoms with E-state index in [0.29, 0.717) is 12.4 Å². The van der Waals surface area contributed by atoms with Crippen molar-refractivity contribution in [2.24, 2.45) is 0 Å². The number of carbonyl (C=O) groups excluding carboxylic acids is 1. The molecule has 0 saturated carbocycles. The molecule has 0 aliphatic carbocycles. The summed E-state index contributed by atoms with van der Waals surface area (Å²) in [5, 5.41) is 10.4. The van der Waals surface area contributed by atoms with Crippen LogP contribution in [0.1, 0.15) is 28.4 Å². The molecular weight excluding hydrogens is 452 g/mol. The molecule has 0 atom stereocenters. The maximum Gasteiger partial charge on any atom is 0.322 e. The summed E-state index contributed by atoms with van der Waals surface area (Å²) >= 11 is 0. The van der Waals surface area contributed by atoms with Gasteiger partial charge in [-0.05, 0) is 48.9 Å². The van der Waals surface area contributed by atoms with Crippen molar-refractivity contribution in [2.45, 2.75) is 25.3 Å². The van der Waals surface area contributed by atoms with Crippen LogP contribution in [-0.2, 0) is 16.6 Å². The van der Waals surface area contributed by atoms with E-state index in [-0.39, 0.29) is 23.0 Å². The second-order valence-corrected chi connectivity index (χ2v) is 9.62. The Bertz CT molecular complexity index is 1380. The molecule has 1 N–H and O–H groups in total. The van der Waals surface area contributed by atoms with Gasteiger partial charge in [-0.3, -0.25) is 10.1 Å². The van der Waals surface area contributed by atoms with E-state index in [1.54, 1.807) is 6.92 Å². The normalized spacial score (nSPS) is 11.5. The number of amides is 1. The minimum absolute atomic E-state index is 0.0433. The molecule has 0 fully saturated rings. The summed E-state index contributed by atoms with van der Waals surface area (Å²) in [6, 6.07) is 22.7. The number of rotatable bonds is 8. The van der Waals surface area contributed by atoms with Crippen LogP contribution in [0.25, 0.3) is 11.5 Å². The van der Waals surface area contributed by atoms with Crippen LogP contribution in [0.2, 0.25) is 0 Å². The molecule has 0 spiro atoms. The van der Waals surface area contributed by atoms with Crippen molar-refractivity contribution >= 4 is 21.9 Å². The molecule has 4 rings (SSSR count). The van der Waals surface area contributed by atoms with E-state index in [9.17, 15) is 13.2 Å². The summed E-state index contributed by atoms with van der Waals surface area (Å²) < 4.78 is 33.1. The van der Waals surface area contributed by atoms with Crippen LogP contribution in [0.4, 0.5) is 6.01 Å². The van der Waals surface area contributed by atoms with E-state index < -0.39 is 15.9 Å². The monoisotopic (exact) mass is 476 g/mol. The summed E-state index contributed by atoms with van der Waals surface area (Å²) in [5.41, 5.74) is 2.95. The molecule has 0 saturated heterocycles. The molecule has 9 heteroatoms. The topological polar surface area (TPSA) is 105 Å². The molecule has 0 unspecified atom stereocenters. The van der Waals surface area contributed by atoms with Gasteiger partial charge in [-0.2, -0.15) is 4.31 Å². The molecule has 8 nitrogen and oxygen atoms in total. The third kappa shape index (κ3) is 5.22. The number of nitrogens with one attached hydrogen (secondary N) is 1. The lowest BCUT2D eigenvalue weighted by molar-refractivity contribution is 0.102. The fourth-order valence-corrected chi connectivity index (χ4v) is 4.86. The Morgan fingerprint density at radius 3 is 2.38 bits per heavy atom. The highest BCUT2D eigenvalue weighted by Gasteiger charge is 2.23. The number of anilines is 1. The minimum Gasteiger partial charge on any atom is -0.403 e. The van der Waals surface area contributed by atoms with Crippen LogP contribution in [0, 0.1) is 6.92 Å². The Morgan fingerprint density at radius 2 is 1.71 bits per heavy atom. The SMILES string of the molecule is CCN(Cc1ccccc1)S(=O)(=O)c1ccc(C(=O)Nc2nnc(-c3cccc(C)c3)o2)cc1. The summed E-state index contributed by atoms with van der Waals surface area (Å²) in [4.78, 5) is 12.7. The van der Waals surface area contributed by atoms with E-state index in [0.717, 1.165) is 16.7 Å². The number of nitrogens with zero attached hydrogens (tertiary/aromatic N) is 3. The zero-order chi connectivity index (χ0) is 24.1. The number of carbonyl (C=O) groups is 1. The highest BCUT2D eigenvalue weighted by atomic mass is 32.2. The quantitative estimate of drug-likeness (QED) is 0.401. The summed E-state index contributed by atoms with van der Waals surface area (Å²) in [6.45, 7) is 4.33. The smallest absolute Gasteiger partial charge is 0.322 e. The maximum absolute atomic E-state index is 13.1. The molecule has 0 aliphatic rings. The molecule has 3 aromatic carbocycles. The number of sulfonamides is 1. The predicted molar refractivity (Wildman–Crippen MR) is 129 cm³/mol. The van der Waals surface area contributed by atoms with E-state index >= 15 is 0 Å². The van der Waals surface area contributed by atoms with Crippen molar-refractivity contribution in [3.8, 4) is 11.5 Å². The molecule has 4 aromatic rings. The summed E-state index contributed by atoms with van der Waals surface area (Å²) in [5.74, 6) is -0.196. The van der Waals surface area contributed by atoms with Gasteiger partial charge in [0, 0.05) is 24.2 Å². The van der Waals surface area contributed by atoms with Crippen molar-refractivity contribution in [1.29, 1.82) is 0 Å². The molecule has 174 valence electrons. The van der Waals surface area contributed by atoms with Gasteiger partial charge in [0.05, 0.1) is 4.90 Å².